The fraction of sp³-hybridized carbons (Fsp3) is 0.385. The zero-order chi connectivity index (χ0) is 13.0. The molecule has 18 heavy (non-hydrogen) atoms. The Kier molecular flexibility index (Phi) is 4.07. The van der Waals surface area contributed by atoms with Crippen molar-refractivity contribution in [3.8, 4) is 5.69 Å². The highest BCUT2D eigenvalue weighted by molar-refractivity contribution is 5.29. The van der Waals surface area contributed by atoms with Gasteiger partial charge in [0.1, 0.15) is 0 Å². The molecule has 96 valence electrons. The van der Waals surface area contributed by atoms with E-state index in [1.165, 1.54) is 0 Å². The van der Waals surface area contributed by atoms with Gasteiger partial charge in [-0.05, 0) is 26.0 Å². The third kappa shape index (κ3) is 3.15. The maximum Gasteiger partial charge on any atom is 0.0998 e. The van der Waals surface area contributed by atoms with Crippen LogP contribution in [0.5, 0.6) is 0 Å². The minimum Gasteiger partial charge on any atom is -0.392 e. The molecule has 5 heteroatoms. The van der Waals surface area contributed by atoms with Crippen LogP contribution >= 0.6 is 0 Å². The molecule has 0 spiro atoms. The molecule has 0 unspecified atom stereocenters. The molecule has 1 aromatic carbocycles. The minimum atomic E-state index is -0.352. The van der Waals surface area contributed by atoms with Crippen LogP contribution in [0.2, 0.25) is 0 Å². The molecule has 0 aliphatic carbocycles. The zero-order valence-electron chi connectivity index (χ0n) is 10.7. The number of nitrogens with one attached hydrogen (secondary N) is 1. The fourth-order valence-corrected chi connectivity index (χ4v) is 1.65. The van der Waals surface area contributed by atoms with Crippen LogP contribution in [0.1, 0.15) is 18.3 Å². The molecule has 1 aromatic heterocycles. The Hall–Kier alpha value is -1.72. The summed E-state index contributed by atoms with van der Waals surface area (Å²) in [5.74, 6) is 0. The first-order valence-corrected chi connectivity index (χ1v) is 6.04. The lowest BCUT2D eigenvalue weighted by Gasteiger charge is -2.04. The molecule has 0 saturated heterocycles. The highest BCUT2D eigenvalue weighted by Crippen LogP contribution is 2.07. The molecule has 0 radical (unpaired) electrons. The van der Waals surface area contributed by atoms with Gasteiger partial charge in [-0.2, -0.15) is 15.0 Å². The van der Waals surface area contributed by atoms with E-state index in [9.17, 15) is 5.11 Å². The summed E-state index contributed by atoms with van der Waals surface area (Å²) < 4.78 is 0. The SMILES string of the molecule is Cc1nn(-c2ccccc2)nc1CNC[C@H](C)O. The van der Waals surface area contributed by atoms with E-state index in [2.05, 4.69) is 15.5 Å². The minimum absolute atomic E-state index is 0.352. The van der Waals surface area contributed by atoms with Crippen LogP contribution in [0.4, 0.5) is 0 Å². The number of aliphatic hydroxyl groups excluding tert-OH is 1. The Balaban J connectivity index is 2.08. The average Bonchev–Trinajstić information content (AvgIpc) is 2.72. The van der Waals surface area contributed by atoms with Crippen molar-refractivity contribution in [1.82, 2.24) is 20.3 Å². The van der Waals surface area contributed by atoms with Gasteiger partial charge in [-0.15, -0.1) is 0 Å². The fourth-order valence-electron chi connectivity index (χ4n) is 1.65. The molecule has 1 atom stereocenters. The summed E-state index contributed by atoms with van der Waals surface area (Å²) in [6.07, 6.45) is -0.352. The number of para-hydroxylation sites is 1. The number of hydrogen-bond acceptors (Lipinski definition) is 4. The van der Waals surface area contributed by atoms with Crippen LogP contribution in [-0.2, 0) is 6.54 Å². The lowest BCUT2D eigenvalue weighted by molar-refractivity contribution is 0.191. The maximum atomic E-state index is 9.18. The van der Waals surface area contributed by atoms with E-state index in [0.29, 0.717) is 13.1 Å². The third-order valence-electron chi connectivity index (χ3n) is 2.60. The van der Waals surface area contributed by atoms with Gasteiger partial charge in [0.05, 0.1) is 23.2 Å². The summed E-state index contributed by atoms with van der Waals surface area (Å²) in [6.45, 7) is 4.85. The Labute approximate surface area is 106 Å². The van der Waals surface area contributed by atoms with Crippen molar-refractivity contribution < 1.29 is 5.11 Å². The number of benzene rings is 1. The van der Waals surface area contributed by atoms with Crippen LogP contribution in [0.25, 0.3) is 5.69 Å². The smallest absolute Gasteiger partial charge is 0.0998 e. The summed E-state index contributed by atoms with van der Waals surface area (Å²) in [5.41, 5.74) is 2.75. The quantitative estimate of drug-likeness (QED) is 0.827. The molecule has 2 aromatic rings. The monoisotopic (exact) mass is 246 g/mol. The molecule has 0 aliphatic heterocycles. The van der Waals surface area contributed by atoms with Crippen LogP contribution in [0.15, 0.2) is 30.3 Å². The summed E-state index contributed by atoms with van der Waals surface area (Å²) >= 11 is 0. The molecule has 0 fully saturated rings. The number of aromatic nitrogens is 3. The lowest BCUT2D eigenvalue weighted by Crippen LogP contribution is -2.24. The van der Waals surface area contributed by atoms with Crippen LogP contribution < -0.4 is 5.32 Å². The summed E-state index contributed by atoms with van der Waals surface area (Å²) in [7, 11) is 0. The normalized spacial score (nSPS) is 12.6. The first kappa shape index (κ1) is 12.7. The number of hydrogen-bond donors (Lipinski definition) is 2. The van der Waals surface area contributed by atoms with Crippen molar-refractivity contribution in [2.75, 3.05) is 6.54 Å². The second-order valence-corrected chi connectivity index (χ2v) is 4.34. The molecule has 2 N–H and O–H groups in total. The third-order valence-corrected chi connectivity index (χ3v) is 2.60. The number of aliphatic hydroxyl groups is 1. The predicted molar refractivity (Wildman–Crippen MR) is 69.5 cm³/mol. The molecular formula is C13H18N4O. The second-order valence-electron chi connectivity index (χ2n) is 4.34. The zero-order valence-corrected chi connectivity index (χ0v) is 10.7. The van der Waals surface area contributed by atoms with Crippen molar-refractivity contribution in [3.63, 3.8) is 0 Å². The van der Waals surface area contributed by atoms with Gasteiger partial charge in [0, 0.05) is 13.1 Å². The maximum absolute atomic E-state index is 9.18. The molecule has 1 heterocycles. The van der Waals surface area contributed by atoms with E-state index in [4.69, 9.17) is 0 Å². The van der Waals surface area contributed by atoms with E-state index in [1.54, 1.807) is 11.7 Å². The van der Waals surface area contributed by atoms with E-state index in [1.807, 2.05) is 37.3 Å². The Bertz CT molecular complexity index is 493. The Morgan fingerprint density at radius 1 is 1.28 bits per heavy atom. The Morgan fingerprint density at radius 2 is 2.00 bits per heavy atom. The molecule has 0 aliphatic rings. The Morgan fingerprint density at radius 3 is 2.67 bits per heavy atom. The summed E-state index contributed by atoms with van der Waals surface area (Å²) in [4.78, 5) is 1.63. The predicted octanol–water partition coefficient (Wildman–Crippen LogP) is 1.05. The van der Waals surface area contributed by atoms with Gasteiger partial charge >= 0.3 is 0 Å². The first-order chi connectivity index (χ1) is 8.66. The largest absolute Gasteiger partial charge is 0.392 e. The van der Waals surface area contributed by atoms with E-state index >= 15 is 0 Å². The van der Waals surface area contributed by atoms with Crippen molar-refractivity contribution >= 4 is 0 Å². The molecule has 2 rings (SSSR count). The van der Waals surface area contributed by atoms with Gasteiger partial charge in [-0.3, -0.25) is 0 Å². The number of rotatable bonds is 5. The molecule has 5 nitrogen and oxygen atoms in total. The molecule has 0 amide bonds. The summed E-state index contributed by atoms with van der Waals surface area (Å²) in [6, 6.07) is 9.81. The van der Waals surface area contributed by atoms with Gasteiger partial charge in [-0.25, -0.2) is 0 Å². The van der Waals surface area contributed by atoms with Gasteiger partial charge < -0.3 is 10.4 Å². The van der Waals surface area contributed by atoms with E-state index < -0.39 is 0 Å². The summed E-state index contributed by atoms with van der Waals surface area (Å²) in [5, 5.41) is 21.1. The topological polar surface area (TPSA) is 63.0 Å². The van der Waals surface area contributed by atoms with Crippen LogP contribution in [0, 0.1) is 6.92 Å². The van der Waals surface area contributed by atoms with E-state index in [0.717, 1.165) is 17.1 Å². The second kappa shape index (κ2) is 5.75. The van der Waals surface area contributed by atoms with Gasteiger partial charge in [0.15, 0.2) is 0 Å². The van der Waals surface area contributed by atoms with Crippen LogP contribution in [-0.4, -0.2) is 32.7 Å². The van der Waals surface area contributed by atoms with Crippen molar-refractivity contribution in [1.29, 1.82) is 0 Å². The molecule has 0 bridgehead atoms. The molecular weight excluding hydrogens is 228 g/mol. The van der Waals surface area contributed by atoms with Gasteiger partial charge in [0.25, 0.3) is 0 Å². The highest BCUT2D eigenvalue weighted by Gasteiger charge is 2.08. The van der Waals surface area contributed by atoms with E-state index in [-0.39, 0.29) is 6.10 Å². The molecule has 0 saturated carbocycles. The number of nitrogens with zero attached hydrogens (tertiary/aromatic N) is 3. The van der Waals surface area contributed by atoms with Gasteiger partial charge in [0.2, 0.25) is 0 Å². The van der Waals surface area contributed by atoms with Crippen LogP contribution in [0.3, 0.4) is 0 Å². The standard InChI is InChI=1S/C13H18N4O/c1-10(18)8-14-9-13-11(2)15-17(16-13)12-6-4-3-5-7-12/h3-7,10,14,18H,8-9H2,1-2H3/t10-/m0/s1. The van der Waals surface area contributed by atoms with Gasteiger partial charge in [-0.1, -0.05) is 18.2 Å². The van der Waals surface area contributed by atoms with Crippen molar-refractivity contribution in [3.05, 3.63) is 41.7 Å². The first-order valence-electron chi connectivity index (χ1n) is 6.04. The highest BCUT2D eigenvalue weighted by atomic mass is 16.3. The average molecular weight is 246 g/mol. The lowest BCUT2D eigenvalue weighted by atomic mass is 10.3. The van der Waals surface area contributed by atoms with Crippen molar-refractivity contribution in [2.24, 2.45) is 0 Å². The number of aryl methyl sites for hydroxylation is 1. The van der Waals surface area contributed by atoms with Crippen molar-refractivity contribution in [2.45, 2.75) is 26.5 Å².